The highest BCUT2D eigenvalue weighted by atomic mass is 35.5. The first-order valence-corrected chi connectivity index (χ1v) is 13.9. The second-order valence-corrected chi connectivity index (χ2v) is 10.4. The van der Waals surface area contributed by atoms with Gasteiger partial charge >= 0.3 is 5.97 Å². The van der Waals surface area contributed by atoms with Crippen LogP contribution in [-0.4, -0.2) is 26.8 Å². The van der Waals surface area contributed by atoms with Crippen LogP contribution >= 0.6 is 11.6 Å². The molecule has 1 heterocycles. The normalized spacial score (nSPS) is 12.1. The van der Waals surface area contributed by atoms with E-state index in [-0.39, 0.29) is 11.3 Å². The number of carbonyl (C=O) groups is 2. The van der Waals surface area contributed by atoms with E-state index in [2.05, 4.69) is 18.8 Å². The zero-order chi connectivity index (χ0) is 27.1. The summed E-state index contributed by atoms with van der Waals surface area (Å²) in [5, 5.41) is 10.6. The third kappa shape index (κ3) is 6.33. The van der Waals surface area contributed by atoms with Gasteiger partial charge in [0.25, 0.3) is 0 Å². The Balaban J connectivity index is 1.68. The van der Waals surface area contributed by atoms with Crippen molar-refractivity contribution in [3.63, 3.8) is 0 Å². The zero-order valence-corrected chi connectivity index (χ0v) is 22.9. The van der Waals surface area contributed by atoms with Gasteiger partial charge in [-0.05, 0) is 35.7 Å². The quantitative estimate of drug-likeness (QED) is 0.133. The van der Waals surface area contributed by atoms with Crippen LogP contribution in [0.1, 0.15) is 85.9 Å². The number of Topliss-reactive ketones (excluding diaryl/α,β-unsaturated/α-hetero) is 1. The number of hydrogen-bond acceptors (Lipinski definition) is 3. The van der Waals surface area contributed by atoms with Crippen molar-refractivity contribution in [2.75, 3.05) is 0 Å². The average Bonchev–Trinajstić information content (AvgIpc) is 3.35. The lowest BCUT2D eigenvalue weighted by atomic mass is 9.88. The first-order chi connectivity index (χ1) is 18.4. The van der Waals surface area contributed by atoms with Gasteiger partial charge in [-0.1, -0.05) is 107 Å². The summed E-state index contributed by atoms with van der Waals surface area (Å²) in [4.78, 5) is 33.7. The van der Waals surface area contributed by atoms with E-state index in [1.165, 1.54) is 25.3 Å². The Morgan fingerprint density at radius 2 is 1.74 bits per heavy atom. The second kappa shape index (κ2) is 12.9. The molecule has 0 fully saturated rings. The van der Waals surface area contributed by atoms with Gasteiger partial charge in [-0.2, -0.15) is 0 Å². The molecule has 38 heavy (non-hydrogen) atoms. The van der Waals surface area contributed by atoms with E-state index < -0.39 is 5.97 Å². The van der Waals surface area contributed by atoms with Gasteiger partial charge in [0.15, 0.2) is 5.78 Å². The Labute approximate surface area is 229 Å². The maximum Gasteiger partial charge on any atom is 0.336 e. The van der Waals surface area contributed by atoms with Crippen molar-refractivity contribution in [2.24, 2.45) is 5.92 Å². The summed E-state index contributed by atoms with van der Waals surface area (Å²) < 4.78 is 0. The largest absolute Gasteiger partial charge is 0.478 e. The summed E-state index contributed by atoms with van der Waals surface area (Å²) in [5.41, 5.74) is 3.90. The number of H-pyrrole nitrogens is 1. The van der Waals surface area contributed by atoms with Crippen LogP contribution in [0.15, 0.2) is 60.7 Å². The Kier molecular flexibility index (Phi) is 9.35. The van der Waals surface area contributed by atoms with Crippen LogP contribution in [0, 0.1) is 5.92 Å². The highest BCUT2D eigenvalue weighted by Gasteiger charge is 2.22. The molecule has 5 nitrogen and oxygen atoms in total. The molecule has 0 amide bonds. The average molecular weight is 531 g/mol. The number of carbonyl (C=O) groups excluding carboxylic acids is 1. The highest BCUT2D eigenvalue weighted by Crippen LogP contribution is 2.39. The van der Waals surface area contributed by atoms with Crippen molar-refractivity contribution in [3.8, 4) is 22.5 Å². The fraction of sp³-hybridized carbons (Fsp3) is 0.344. The summed E-state index contributed by atoms with van der Waals surface area (Å²) in [7, 11) is 0. The molecule has 0 bridgehead atoms. The van der Waals surface area contributed by atoms with Gasteiger partial charge in [0.2, 0.25) is 0 Å². The van der Waals surface area contributed by atoms with Crippen LogP contribution in [0.25, 0.3) is 33.5 Å². The lowest BCUT2D eigenvalue weighted by Crippen LogP contribution is -2.11. The Bertz CT molecular complexity index is 1390. The second-order valence-electron chi connectivity index (χ2n) is 9.96. The number of benzene rings is 3. The van der Waals surface area contributed by atoms with Gasteiger partial charge in [0.1, 0.15) is 5.82 Å². The molecule has 0 saturated heterocycles. The van der Waals surface area contributed by atoms with Crippen molar-refractivity contribution in [3.05, 3.63) is 76.8 Å². The molecule has 0 saturated carbocycles. The predicted octanol–water partition coefficient (Wildman–Crippen LogP) is 9.21. The van der Waals surface area contributed by atoms with E-state index in [0.29, 0.717) is 45.4 Å². The number of hydrogen-bond donors (Lipinski definition) is 2. The number of aromatic nitrogens is 2. The summed E-state index contributed by atoms with van der Waals surface area (Å²) in [6.45, 7) is 4.34. The molecule has 1 unspecified atom stereocenters. The van der Waals surface area contributed by atoms with E-state index in [0.717, 1.165) is 36.7 Å². The molecule has 3 aromatic carbocycles. The molecule has 0 aliphatic rings. The molecule has 4 aromatic rings. The minimum Gasteiger partial charge on any atom is -0.478 e. The monoisotopic (exact) mass is 530 g/mol. The van der Waals surface area contributed by atoms with Crippen LogP contribution in [0.4, 0.5) is 0 Å². The third-order valence-corrected chi connectivity index (χ3v) is 7.45. The van der Waals surface area contributed by atoms with Gasteiger partial charge < -0.3 is 10.1 Å². The number of nitrogens with zero attached hydrogens (tertiary/aromatic N) is 1. The zero-order valence-electron chi connectivity index (χ0n) is 22.1. The highest BCUT2D eigenvalue weighted by molar-refractivity contribution is 6.34. The minimum atomic E-state index is -1.10. The number of carboxylic acids is 1. The maximum atomic E-state index is 13.3. The molecular weight excluding hydrogens is 496 g/mol. The number of unbranched alkanes of at least 4 members (excludes halogenated alkanes) is 3. The summed E-state index contributed by atoms with van der Waals surface area (Å²) in [6.07, 6.45) is 8.22. The number of halogens is 1. The molecule has 0 radical (unpaired) electrons. The van der Waals surface area contributed by atoms with Crippen molar-refractivity contribution < 1.29 is 14.7 Å². The number of imidazole rings is 1. The van der Waals surface area contributed by atoms with Crippen molar-refractivity contribution in [1.29, 1.82) is 0 Å². The van der Waals surface area contributed by atoms with Crippen LogP contribution in [0.2, 0.25) is 5.02 Å². The minimum absolute atomic E-state index is 0.00958. The molecular formula is C32H35ClN2O3. The molecule has 1 atom stereocenters. The topological polar surface area (TPSA) is 83.0 Å². The van der Waals surface area contributed by atoms with Crippen molar-refractivity contribution in [1.82, 2.24) is 9.97 Å². The van der Waals surface area contributed by atoms with Gasteiger partial charge in [-0.15, -0.1) is 0 Å². The fourth-order valence-corrected chi connectivity index (χ4v) is 5.46. The molecule has 0 aliphatic carbocycles. The number of aromatic carboxylic acids is 1. The lowest BCUT2D eigenvalue weighted by molar-refractivity contribution is 0.0697. The Morgan fingerprint density at radius 1 is 0.921 bits per heavy atom. The van der Waals surface area contributed by atoms with Gasteiger partial charge in [-0.25, -0.2) is 9.78 Å². The van der Waals surface area contributed by atoms with Gasteiger partial charge in [-0.3, -0.25) is 4.79 Å². The molecule has 198 valence electrons. The number of fused-ring (bicyclic) bond motifs is 1. The first-order valence-electron chi connectivity index (χ1n) is 13.6. The molecule has 0 aliphatic heterocycles. The van der Waals surface area contributed by atoms with Gasteiger partial charge in [0.05, 0.1) is 16.6 Å². The summed E-state index contributed by atoms with van der Waals surface area (Å²) in [6, 6.07) is 18.1. The number of ketones is 1. The summed E-state index contributed by atoms with van der Waals surface area (Å²) in [5.74, 6) is -0.189. The SMILES string of the molecule is CCCCCCC(CCC)CC(=O)c1ccc(-c2c(Cl)cccc2-c2nc3ccccc3[nH]2)c(C(=O)O)c1. The lowest BCUT2D eigenvalue weighted by Gasteiger charge is -2.17. The molecule has 0 spiro atoms. The number of aromatic amines is 1. The molecule has 6 heteroatoms. The van der Waals surface area contributed by atoms with Crippen molar-refractivity contribution in [2.45, 2.75) is 65.2 Å². The smallest absolute Gasteiger partial charge is 0.336 e. The standard InChI is InChI=1S/C32H35ClN2O3/c1-3-5-6-7-12-21(11-4-2)19-29(36)22-17-18-23(25(20-22)32(37)38)30-24(13-10-14-26(30)33)31-34-27-15-8-9-16-28(27)35-31/h8-10,13-18,20-21H,3-7,11-12,19H2,1-2H3,(H,34,35)(H,37,38). The first kappa shape index (κ1) is 27.6. The number of para-hydroxylation sites is 2. The van der Waals surface area contributed by atoms with Gasteiger partial charge in [0, 0.05) is 28.1 Å². The molecule has 1 aromatic heterocycles. The Hall–Kier alpha value is -3.44. The maximum absolute atomic E-state index is 13.3. The van der Waals surface area contributed by atoms with E-state index >= 15 is 0 Å². The van der Waals surface area contributed by atoms with Crippen molar-refractivity contribution >= 4 is 34.4 Å². The van der Waals surface area contributed by atoms with E-state index in [1.807, 2.05) is 36.4 Å². The number of carboxylic acid groups (broad SMARTS) is 1. The number of nitrogens with one attached hydrogen (secondary N) is 1. The Morgan fingerprint density at radius 3 is 2.47 bits per heavy atom. The van der Waals surface area contributed by atoms with Crippen LogP contribution < -0.4 is 0 Å². The van der Waals surface area contributed by atoms with Crippen LogP contribution in [0.3, 0.4) is 0 Å². The van der Waals surface area contributed by atoms with Crippen LogP contribution in [-0.2, 0) is 0 Å². The fourth-order valence-electron chi connectivity index (χ4n) is 5.18. The summed E-state index contributed by atoms with van der Waals surface area (Å²) >= 11 is 6.66. The molecule has 4 rings (SSSR count). The van der Waals surface area contributed by atoms with E-state index in [4.69, 9.17) is 16.6 Å². The van der Waals surface area contributed by atoms with E-state index in [1.54, 1.807) is 18.2 Å². The third-order valence-electron chi connectivity index (χ3n) is 7.14. The molecule has 2 N–H and O–H groups in total. The van der Waals surface area contributed by atoms with Crippen LogP contribution in [0.5, 0.6) is 0 Å². The van der Waals surface area contributed by atoms with E-state index in [9.17, 15) is 14.7 Å². The predicted molar refractivity (Wildman–Crippen MR) is 155 cm³/mol. The number of rotatable bonds is 13.